The normalized spacial score (nSPS) is 34.8. The number of hydrogen-bond donors (Lipinski definition) is 2. The number of rotatable bonds is 2. The molecule has 2 bridgehead atoms. The van der Waals surface area contributed by atoms with Crippen LogP contribution in [0.1, 0.15) is 50.5 Å². The minimum Gasteiger partial charge on any atom is -0.376 e. The standard InChI is InChI=1S/C22H29NO2/c24-21(17-23-15-11-18(21)12-16-23)13-14-22(25,19-7-3-1-4-8-19)20-9-5-2-6-10-20/h1,3-4,7-8,18,20,24-25H,2,5-6,9-12,15-17H2. The van der Waals surface area contributed by atoms with Crippen LogP contribution in [0.2, 0.25) is 0 Å². The van der Waals surface area contributed by atoms with E-state index in [1.165, 1.54) is 6.42 Å². The molecule has 3 saturated heterocycles. The van der Waals surface area contributed by atoms with Crippen molar-refractivity contribution < 1.29 is 10.2 Å². The number of nitrogens with zero attached hydrogens (tertiary/aromatic N) is 1. The van der Waals surface area contributed by atoms with E-state index in [-0.39, 0.29) is 11.8 Å². The Hall–Kier alpha value is -1.34. The van der Waals surface area contributed by atoms with Gasteiger partial charge in [0.05, 0.1) is 0 Å². The molecule has 3 nitrogen and oxygen atoms in total. The molecule has 25 heavy (non-hydrogen) atoms. The second-order valence-electron chi connectivity index (χ2n) is 8.19. The highest BCUT2D eigenvalue weighted by molar-refractivity contribution is 5.35. The van der Waals surface area contributed by atoms with Gasteiger partial charge in [0.25, 0.3) is 0 Å². The summed E-state index contributed by atoms with van der Waals surface area (Å²) in [4.78, 5) is 2.30. The average Bonchev–Trinajstić information content (AvgIpc) is 2.68. The molecule has 1 aromatic carbocycles. The SMILES string of the molecule is OC1(C#CC(O)(c2ccccc2)C2CCCCC2)CN2CCC1CC2. The van der Waals surface area contributed by atoms with Gasteiger partial charge in [0.15, 0.2) is 5.60 Å². The first-order valence-corrected chi connectivity index (χ1v) is 9.87. The van der Waals surface area contributed by atoms with Crippen LogP contribution >= 0.6 is 0 Å². The maximum absolute atomic E-state index is 11.6. The van der Waals surface area contributed by atoms with Crippen LogP contribution in [0, 0.1) is 23.7 Å². The third kappa shape index (κ3) is 3.24. The maximum Gasteiger partial charge on any atom is 0.153 e. The topological polar surface area (TPSA) is 43.7 Å². The van der Waals surface area contributed by atoms with Gasteiger partial charge in [-0.2, -0.15) is 0 Å². The summed E-state index contributed by atoms with van der Waals surface area (Å²) < 4.78 is 0. The smallest absolute Gasteiger partial charge is 0.153 e. The monoisotopic (exact) mass is 339 g/mol. The molecule has 1 saturated carbocycles. The van der Waals surface area contributed by atoms with Crippen LogP contribution < -0.4 is 0 Å². The van der Waals surface area contributed by atoms with Crippen LogP contribution in [0.4, 0.5) is 0 Å². The van der Waals surface area contributed by atoms with Crippen molar-refractivity contribution in [3.63, 3.8) is 0 Å². The van der Waals surface area contributed by atoms with Gasteiger partial charge in [-0.25, -0.2) is 0 Å². The van der Waals surface area contributed by atoms with Crippen molar-refractivity contribution in [2.45, 2.75) is 56.1 Å². The van der Waals surface area contributed by atoms with E-state index < -0.39 is 11.2 Å². The molecule has 3 heterocycles. The highest BCUT2D eigenvalue weighted by Gasteiger charge is 2.45. The summed E-state index contributed by atoms with van der Waals surface area (Å²) in [6, 6.07) is 9.86. The van der Waals surface area contributed by atoms with Crippen LogP contribution in [-0.2, 0) is 5.60 Å². The molecule has 0 aromatic heterocycles. The molecule has 3 heteroatoms. The molecule has 4 fully saturated rings. The molecule has 0 spiro atoms. The fourth-order valence-electron chi connectivity index (χ4n) is 5.01. The van der Waals surface area contributed by atoms with Gasteiger partial charge in [-0.3, -0.25) is 4.90 Å². The lowest BCUT2D eigenvalue weighted by molar-refractivity contribution is -0.0722. The molecule has 5 rings (SSSR count). The number of benzene rings is 1. The molecular weight excluding hydrogens is 310 g/mol. The van der Waals surface area contributed by atoms with E-state index in [1.807, 2.05) is 30.3 Å². The van der Waals surface area contributed by atoms with Crippen LogP contribution in [0.15, 0.2) is 30.3 Å². The van der Waals surface area contributed by atoms with Crippen LogP contribution in [0.3, 0.4) is 0 Å². The number of hydrogen-bond acceptors (Lipinski definition) is 3. The zero-order chi connectivity index (χ0) is 17.3. The van der Waals surface area contributed by atoms with E-state index in [4.69, 9.17) is 0 Å². The van der Waals surface area contributed by atoms with Gasteiger partial charge in [-0.1, -0.05) is 61.4 Å². The molecule has 4 aliphatic rings. The molecule has 134 valence electrons. The zero-order valence-electron chi connectivity index (χ0n) is 15.0. The van der Waals surface area contributed by atoms with E-state index in [2.05, 4.69) is 16.7 Å². The van der Waals surface area contributed by atoms with E-state index in [1.54, 1.807) is 0 Å². The van der Waals surface area contributed by atoms with Crippen molar-refractivity contribution in [3.05, 3.63) is 35.9 Å². The second kappa shape index (κ2) is 6.76. The summed E-state index contributed by atoms with van der Waals surface area (Å²) in [6.07, 6.45) is 7.60. The van der Waals surface area contributed by atoms with Crippen molar-refractivity contribution in [2.75, 3.05) is 19.6 Å². The molecular formula is C22H29NO2. The number of aliphatic hydroxyl groups is 2. The lowest BCUT2D eigenvalue weighted by Crippen LogP contribution is -2.58. The quantitative estimate of drug-likeness (QED) is 0.814. The summed E-state index contributed by atoms with van der Waals surface area (Å²) in [5.74, 6) is 6.79. The highest BCUT2D eigenvalue weighted by atomic mass is 16.3. The Balaban J connectivity index is 1.68. The van der Waals surface area contributed by atoms with Gasteiger partial charge in [0.2, 0.25) is 0 Å². The lowest BCUT2D eigenvalue weighted by atomic mass is 9.72. The summed E-state index contributed by atoms with van der Waals surface area (Å²) in [5.41, 5.74) is -1.24. The number of fused-ring (bicyclic) bond motifs is 3. The van der Waals surface area contributed by atoms with E-state index in [0.717, 1.165) is 57.2 Å². The van der Waals surface area contributed by atoms with Crippen molar-refractivity contribution >= 4 is 0 Å². The Bertz CT molecular complexity index is 650. The van der Waals surface area contributed by atoms with E-state index >= 15 is 0 Å². The molecule has 2 N–H and O–H groups in total. The van der Waals surface area contributed by atoms with Gasteiger partial charge < -0.3 is 10.2 Å². The molecule has 1 aromatic rings. The summed E-state index contributed by atoms with van der Waals surface area (Å²) >= 11 is 0. The molecule has 2 unspecified atom stereocenters. The minimum absolute atomic E-state index is 0.154. The third-order valence-corrected chi connectivity index (χ3v) is 6.61. The Kier molecular flexibility index (Phi) is 4.62. The molecule has 0 amide bonds. The Morgan fingerprint density at radius 2 is 1.68 bits per heavy atom. The van der Waals surface area contributed by atoms with Gasteiger partial charge in [0, 0.05) is 18.4 Å². The first-order valence-electron chi connectivity index (χ1n) is 9.87. The average molecular weight is 339 g/mol. The van der Waals surface area contributed by atoms with E-state index in [0.29, 0.717) is 6.54 Å². The lowest BCUT2D eigenvalue weighted by Gasteiger charge is -2.48. The highest BCUT2D eigenvalue weighted by Crippen LogP contribution is 2.40. The third-order valence-electron chi connectivity index (χ3n) is 6.61. The molecule has 0 radical (unpaired) electrons. The van der Waals surface area contributed by atoms with Gasteiger partial charge in [0.1, 0.15) is 5.60 Å². The van der Waals surface area contributed by atoms with Crippen LogP contribution in [0.5, 0.6) is 0 Å². The number of piperidine rings is 3. The van der Waals surface area contributed by atoms with Crippen LogP contribution in [0.25, 0.3) is 0 Å². The molecule has 3 aliphatic heterocycles. The van der Waals surface area contributed by atoms with Gasteiger partial charge in [-0.15, -0.1) is 0 Å². The molecule has 1 aliphatic carbocycles. The van der Waals surface area contributed by atoms with Gasteiger partial charge in [-0.05, 0) is 44.3 Å². The Labute approximate surface area is 151 Å². The minimum atomic E-state index is -1.15. The second-order valence-corrected chi connectivity index (χ2v) is 8.19. The van der Waals surface area contributed by atoms with E-state index in [9.17, 15) is 10.2 Å². The fraction of sp³-hybridized carbons (Fsp3) is 0.636. The van der Waals surface area contributed by atoms with Crippen molar-refractivity contribution in [1.82, 2.24) is 4.90 Å². The summed E-state index contributed by atoms with van der Waals surface area (Å²) in [6.45, 7) is 2.76. The first-order chi connectivity index (χ1) is 12.1. The molecule has 2 atom stereocenters. The fourth-order valence-corrected chi connectivity index (χ4v) is 5.01. The summed E-state index contributed by atoms with van der Waals surface area (Å²) in [5, 5.41) is 22.8. The predicted octanol–water partition coefficient (Wildman–Crippen LogP) is 2.91. The largest absolute Gasteiger partial charge is 0.376 e. The maximum atomic E-state index is 11.6. The Morgan fingerprint density at radius 1 is 1.00 bits per heavy atom. The summed E-state index contributed by atoms with van der Waals surface area (Å²) in [7, 11) is 0. The van der Waals surface area contributed by atoms with Crippen LogP contribution in [-0.4, -0.2) is 40.3 Å². The Morgan fingerprint density at radius 3 is 2.28 bits per heavy atom. The van der Waals surface area contributed by atoms with Crippen molar-refractivity contribution in [3.8, 4) is 11.8 Å². The predicted molar refractivity (Wildman–Crippen MR) is 98.8 cm³/mol. The van der Waals surface area contributed by atoms with Gasteiger partial charge >= 0.3 is 0 Å². The van der Waals surface area contributed by atoms with Crippen molar-refractivity contribution in [2.24, 2.45) is 11.8 Å². The first kappa shape index (κ1) is 17.1. The van der Waals surface area contributed by atoms with Crippen molar-refractivity contribution in [1.29, 1.82) is 0 Å². The zero-order valence-corrected chi connectivity index (χ0v) is 15.0.